The summed E-state index contributed by atoms with van der Waals surface area (Å²) in [6.07, 6.45) is 8.78. The molecular weight excluding hydrogens is 406 g/mol. The summed E-state index contributed by atoms with van der Waals surface area (Å²) in [4.78, 5) is 19.2. The summed E-state index contributed by atoms with van der Waals surface area (Å²) < 4.78 is 16.5. The monoisotopic (exact) mass is 437 g/mol. The zero-order valence-corrected chi connectivity index (χ0v) is 18.6. The van der Waals surface area contributed by atoms with Gasteiger partial charge in [-0.2, -0.15) is 0 Å². The van der Waals surface area contributed by atoms with Crippen molar-refractivity contribution in [2.75, 3.05) is 33.5 Å². The molecule has 0 bridgehead atoms. The first-order valence-corrected chi connectivity index (χ1v) is 11.5. The molecule has 1 unspecified atom stereocenters. The van der Waals surface area contributed by atoms with Gasteiger partial charge in [0.25, 0.3) is 0 Å². The SMILES string of the molecule is COc1cc(CN2CCC3(CC2)CC3C(=O)NCCCc2ccncc2)cc2c1OCO2. The van der Waals surface area contributed by atoms with E-state index < -0.39 is 0 Å². The Morgan fingerprint density at radius 3 is 2.81 bits per heavy atom. The number of piperidine rings is 1. The van der Waals surface area contributed by atoms with Gasteiger partial charge >= 0.3 is 0 Å². The summed E-state index contributed by atoms with van der Waals surface area (Å²) in [5, 5.41) is 3.17. The Balaban J connectivity index is 1.07. The molecule has 7 heteroatoms. The zero-order chi connectivity index (χ0) is 22.0. The Morgan fingerprint density at radius 1 is 1.22 bits per heavy atom. The topological polar surface area (TPSA) is 72.9 Å². The number of benzene rings is 1. The highest BCUT2D eigenvalue weighted by atomic mass is 16.7. The van der Waals surface area contributed by atoms with Crippen molar-refractivity contribution in [3.63, 3.8) is 0 Å². The maximum atomic E-state index is 12.7. The molecule has 3 heterocycles. The molecule has 7 nitrogen and oxygen atoms in total. The number of hydrogen-bond donors (Lipinski definition) is 1. The molecule has 2 fully saturated rings. The minimum absolute atomic E-state index is 0.191. The van der Waals surface area contributed by atoms with Gasteiger partial charge in [0.05, 0.1) is 7.11 Å². The summed E-state index contributed by atoms with van der Waals surface area (Å²) in [6.45, 7) is 3.88. The van der Waals surface area contributed by atoms with Gasteiger partial charge in [-0.25, -0.2) is 0 Å². The number of methoxy groups -OCH3 is 1. The second-order valence-corrected chi connectivity index (χ2v) is 9.18. The molecule has 1 N–H and O–H groups in total. The molecule has 3 aliphatic rings. The van der Waals surface area contributed by atoms with E-state index in [0.717, 1.165) is 69.8 Å². The van der Waals surface area contributed by atoms with Crippen LogP contribution in [0.15, 0.2) is 36.7 Å². The predicted molar refractivity (Wildman–Crippen MR) is 120 cm³/mol. The number of aryl methyl sites for hydroxylation is 1. The van der Waals surface area contributed by atoms with E-state index in [4.69, 9.17) is 14.2 Å². The van der Waals surface area contributed by atoms with Gasteiger partial charge in [0, 0.05) is 31.4 Å². The largest absolute Gasteiger partial charge is 0.493 e. The highest BCUT2D eigenvalue weighted by Crippen LogP contribution is 2.59. The molecule has 32 heavy (non-hydrogen) atoms. The van der Waals surface area contributed by atoms with Crippen LogP contribution in [0, 0.1) is 11.3 Å². The molecule has 170 valence electrons. The van der Waals surface area contributed by atoms with Gasteiger partial charge in [-0.15, -0.1) is 0 Å². The van der Waals surface area contributed by atoms with Crippen molar-refractivity contribution in [1.82, 2.24) is 15.2 Å². The van der Waals surface area contributed by atoms with Crippen LogP contribution in [-0.2, 0) is 17.8 Å². The summed E-state index contributed by atoms with van der Waals surface area (Å²) in [5.74, 6) is 2.62. The van der Waals surface area contributed by atoms with Gasteiger partial charge in [-0.3, -0.25) is 14.7 Å². The van der Waals surface area contributed by atoms with Crippen molar-refractivity contribution < 1.29 is 19.0 Å². The molecule has 1 aromatic heterocycles. The molecule has 1 atom stereocenters. The second kappa shape index (κ2) is 8.98. The van der Waals surface area contributed by atoms with E-state index in [-0.39, 0.29) is 24.0 Å². The summed E-state index contributed by atoms with van der Waals surface area (Å²) >= 11 is 0. The van der Waals surface area contributed by atoms with Crippen molar-refractivity contribution in [1.29, 1.82) is 0 Å². The quantitative estimate of drug-likeness (QED) is 0.640. The fraction of sp³-hybridized carbons (Fsp3) is 0.520. The van der Waals surface area contributed by atoms with Crippen molar-refractivity contribution in [3.8, 4) is 17.2 Å². The minimum atomic E-state index is 0.191. The number of fused-ring (bicyclic) bond motifs is 1. The first-order valence-electron chi connectivity index (χ1n) is 11.5. The number of pyridine rings is 1. The van der Waals surface area contributed by atoms with Gasteiger partial charge in [-0.1, -0.05) is 0 Å². The van der Waals surface area contributed by atoms with Crippen molar-refractivity contribution in [3.05, 3.63) is 47.8 Å². The van der Waals surface area contributed by atoms with Gasteiger partial charge in [-0.05, 0) is 86.0 Å². The van der Waals surface area contributed by atoms with E-state index in [2.05, 4.69) is 21.3 Å². The van der Waals surface area contributed by atoms with Crippen LogP contribution < -0.4 is 19.5 Å². The molecular formula is C25H31N3O4. The number of carbonyl (C=O) groups excluding carboxylic acids is 1. The van der Waals surface area contributed by atoms with Crippen LogP contribution in [0.1, 0.15) is 36.8 Å². The maximum absolute atomic E-state index is 12.7. The third-order valence-electron chi connectivity index (χ3n) is 7.17. The highest BCUT2D eigenvalue weighted by molar-refractivity contribution is 5.82. The Hall–Kier alpha value is -2.80. The number of ether oxygens (including phenoxy) is 3. The van der Waals surface area contributed by atoms with Gasteiger partial charge in [0.1, 0.15) is 0 Å². The Kier molecular flexibility index (Phi) is 5.91. The Morgan fingerprint density at radius 2 is 2.03 bits per heavy atom. The number of amides is 1. The summed E-state index contributed by atoms with van der Waals surface area (Å²) in [6, 6.07) is 8.15. The van der Waals surface area contributed by atoms with Crippen LogP contribution in [0.2, 0.25) is 0 Å². The lowest BCUT2D eigenvalue weighted by atomic mass is 9.90. The van der Waals surface area contributed by atoms with Crippen LogP contribution in [0.3, 0.4) is 0 Å². The summed E-state index contributed by atoms with van der Waals surface area (Å²) in [7, 11) is 1.66. The molecule has 2 aromatic rings. The van der Waals surface area contributed by atoms with E-state index in [0.29, 0.717) is 5.75 Å². The first kappa shape index (κ1) is 21.1. The highest BCUT2D eigenvalue weighted by Gasteiger charge is 2.58. The van der Waals surface area contributed by atoms with Crippen LogP contribution in [0.5, 0.6) is 17.2 Å². The molecule has 1 aliphatic carbocycles. The number of rotatable bonds is 8. The normalized spacial score (nSPS) is 20.8. The number of nitrogens with one attached hydrogen (secondary N) is 1. The molecule has 1 saturated heterocycles. The number of aromatic nitrogens is 1. The average molecular weight is 438 g/mol. The van der Waals surface area contributed by atoms with Crippen molar-refractivity contribution in [2.45, 2.75) is 38.6 Å². The number of likely N-dealkylation sites (tertiary alicyclic amines) is 1. The second-order valence-electron chi connectivity index (χ2n) is 9.18. The average Bonchev–Trinajstić information content (AvgIpc) is 3.31. The van der Waals surface area contributed by atoms with Crippen LogP contribution >= 0.6 is 0 Å². The number of nitrogens with zero attached hydrogens (tertiary/aromatic N) is 2. The molecule has 0 radical (unpaired) electrons. The lowest BCUT2D eigenvalue weighted by Gasteiger charge is -2.33. The third kappa shape index (κ3) is 4.39. The van der Waals surface area contributed by atoms with E-state index in [9.17, 15) is 4.79 Å². The van der Waals surface area contributed by atoms with Crippen LogP contribution in [0.25, 0.3) is 0 Å². The Bertz CT molecular complexity index is 957. The van der Waals surface area contributed by atoms with Gasteiger partial charge in [0.2, 0.25) is 18.4 Å². The lowest BCUT2D eigenvalue weighted by Crippen LogP contribution is -2.37. The smallest absolute Gasteiger partial charge is 0.231 e. The lowest BCUT2D eigenvalue weighted by molar-refractivity contribution is -0.123. The minimum Gasteiger partial charge on any atom is -0.493 e. The van der Waals surface area contributed by atoms with E-state index >= 15 is 0 Å². The van der Waals surface area contributed by atoms with Gasteiger partial charge in [0.15, 0.2) is 11.5 Å². The van der Waals surface area contributed by atoms with Crippen molar-refractivity contribution >= 4 is 5.91 Å². The van der Waals surface area contributed by atoms with E-state index in [1.807, 2.05) is 30.6 Å². The molecule has 1 amide bonds. The molecule has 1 aromatic carbocycles. The van der Waals surface area contributed by atoms with Crippen molar-refractivity contribution in [2.24, 2.45) is 11.3 Å². The van der Waals surface area contributed by atoms with E-state index in [1.165, 1.54) is 11.1 Å². The fourth-order valence-corrected chi connectivity index (χ4v) is 5.14. The fourth-order valence-electron chi connectivity index (χ4n) is 5.14. The zero-order valence-electron chi connectivity index (χ0n) is 18.6. The standard InChI is InChI=1S/C25H31N3O4/c1-30-21-13-19(14-22-23(21)32-17-31-22)16-28-11-6-25(7-12-28)15-20(25)24(29)27-8-2-3-18-4-9-26-10-5-18/h4-5,9-10,13-14,20H,2-3,6-8,11-12,15-17H2,1H3,(H,27,29). The molecule has 1 spiro atoms. The maximum Gasteiger partial charge on any atom is 0.231 e. The predicted octanol–water partition coefficient (Wildman–Crippen LogP) is 3.17. The van der Waals surface area contributed by atoms with E-state index in [1.54, 1.807) is 7.11 Å². The summed E-state index contributed by atoms with van der Waals surface area (Å²) in [5.41, 5.74) is 2.66. The Labute approximate surface area is 189 Å². The number of hydrogen-bond acceptors (Lipinski definition) is 6. The first-order chi connectivity index (χ1) is 15.7. The van der Waals surface area contributed by atoms with Crippen LogP contribution in [-0.4, -0.2) is 49.3 Å². The van der Waals surface area contributed by atoms with Crippen LogP contribution in [0.4, 0.5) is 0 Å². The molecule has 1 saturated carbocycles. The molecule has 2 aliphatic heterocycles. The number of carbonyl (C=O) groups is 1. The molecule has 5 rings (SSSR count). The third-order valence-corrected chi connectivity index (χ3v) is 7.17. The van der Waals surface area contributed by atoms with Gasteiger partial charge < -0.3 is 19.5 Å².